The second-order valence-corrected chi connectivity index (χ2v) is 2.18. The van der Waals surface area contributed by atoms with E-state index < -0.39 is 4.92 Å². The van der Waals surface area contributed by atoms with Crippen LogP contribution in [0.5, 0.6) is 0 Å². The highest BCUT2D eigenvalue weighted by Gasteiger charge is 2.10. The summed E-state index contributed by atoms with van der Waals surface area (Å²) in [6, 6.07) is 1.27. The van der Waals surface area contributed by atoms with Gasteiger partial charge in [-0.25, -0.2) is 4.98 Å². The normalized spacial score (nSPS) is 9.42. The van der Waals surface area contributed by atoms with E-state index in [2.05, 4.69) is 10.2 Å². The van der Waals surface area contributed by atoms with E-state index in [0.717, 1.165) is 6.20 Å². The van der Waals surface area contributed by atoms with Gasteiger partial charge in [0.1, 0.15) is 6.20 Å². The van der Waals surface area contributed by atoms with Gasteiger partial charge < -0.3 is 0 Å². The molecule has 0 unspecified atom stereocenters. The van der Waals surface area contributed by atoms with Crippen molar-refractivity contribution < 1.29 is 4.92 Å². The minimum atomic E-state index is -0.559. The Balaban J connectivity index is 3.20. The molecule has 0 bridgehead atoms. The zero-order valence-corrected chi connectivity index (χ0v) is 6.22. The molecule has 12 heavy (non-hydrogen) atoms. The van der Waals surface area contributed by atoms with Gasteiger partial charge in [0.05, 0.1) is 4.92 Å². The Morgan fingerprint density at radius 1 is 1.67 bits per heavy atom. The molecule has 6 heteroatoms. The summed E-state index contributed by atoms with van der Waals surface area (Å²) >= 11 is 0. The third kappa shape index (κ3) is 1.42. The predicted octanol–water partition coefficient (Wildman–Crippen LogP) is 1.70. The van der Waals surface area contributed by atoms with E-state index in [1.165, 1.54) is 13.0 Å². The molecule has 0 spiro atoms. The molecule has 0 N–H and O–H groups in total. The molecule has 0 aromatic carbocycles. The van der Waals surface area contributed by atoms with Crippen molar-refractivity contribution in [3.63, 3.8) is 0 Å². The largest absolute Gasteiger partial charge is 0.290 e. The molecular weight excluding hydrogens is 162 g/mol. The van der Waals surface area contributed by atoms with Crippen LogP contribution < -0.4 is 0 Å². The van der Waals surface area contributed by atoms with Crippen molar-refractivity contribution in [2.24, 2.45) is 5.18 Å². The van der Waals surface area contributed by atoms with E-state index in [9.17, 15) is 15.0 Å². The van der Waals surface area contributed by atoms with Crippen LogP contribution in [-0.2, 0) is 0 Å². The Kier molecular flexibility index (Phi) is 2.09. The van der Waals surface area contributed by atoms with E-state index >= 15 is 0 Å². The lowest BCUT2D eigenvalue weighted by Gasteiger charge is -1.94. The molecular formula is C6H5N3O3. The molecule has 1 heterocycles. The molecule has 6 nitrogen and oxygen atoms in total. The molecule has 0 saturated carbocycles. The van der Waals surface area contributed by atoms with Crippen LogP contribution in [0, 0.1) is 21.9 Å². The Labute approximate surface area is 67.4 Å². The average molecular weight is 167 g/mol. The highest BCUT2D eigenvalue weighted by Crippen LogP contribution is 2.19. The summed E-state index contributed by atoms with van der Waals surface area (Å²) in [6.07, 6.45) is 1.02. The minimum absolute atomic E-state index is 0.0434. The number of nitrogens with zero attached hydrogens (tertiary/aromatic N) is 3. The first-order valence-electron chi connectivity index (χ1n) is 3.09. The van der Waals surface area contributed by atoms with Crippen LogP contribution in [0.3, 0.4) is 0 Å². The van der Waals surface area contributed by atoms with Crippen LogP contribution in [0.1, 0.15) is 5.56 Å². The molecule has 0 aliphatic carbocycles. The van der Waals surface area contributed by atoms with Gasteiger partial charge in [0, 0.05) is 5.56 Å². The Bertz CT molecular complexity index is 337. The van der Waals surface area contributed by atoms with Gasteiger partial charge in [-0.2, -0.15) is 0 Å². The van der Waals surface area contributed by atoms with Gasteiger partial charge in [-0.15, -0.1) is 4.91 Å². The van der Waals surface area contributed by atoms with Gasteiger partial charge in [0.15, 0.2) is 5.82 Å². The van der Waals surface area contributed by atoms with Gasteiger partial charge in [0.2, 0.25) is 0 Å². The fourth-order valence-electron chi connectivity index (χ4n) is 0.775. The highest BCUT2D eigenvalue weighted by molar-refractivity contribution is 5.43. The maximum absolute atomic E-state index is 10.3. The Hall–Kier alpha value is -1.85. The number of hydrogen-bond donors (Lipinski definition) is 0. The van der Waals surface area contributed by atoms with Gasteiger partial charge in [-0.3, -0.25) is 10.1 Å². The van der Waals surface area contributed by atoms with Gasteiger partial charge >= 0.3 is 0 Å². The van der Waals surface area contributed by atoms with Crippen LogP contribution in [0.2, 0.25) is 0 Å². The summed E-state index contributed by atoms with van der Waals surface area (Å²) in [4.78, 5) is 23.1. The van der Waals surface area contributed by atoms with Crippen LogP contribution in [0.4, 0.5) is 11.5 Å². The van der Waals surface area contributed by atoms with E-state index in [1.807, 2.05) is 0 Å². The maximum Gasteiger partial charge on any atom is 0.290 e. The first kappa shape index (κ1) is 8.25. The van der Waals surface area contributed by atoms with E-state index in [-0.39, 0.29) is 11.5 Å². The fraction of sp³-hybridized carbons (Fsp3) is 0.167. The summed E-state index contributed by atoms with van der Waals surface area (Å²) in [6.45, 7) is 1.52. The number of pyridine rings is 1. The number of aryl methyl sites for hydroxylation is 1. The lowest BCUT2D eigenvalue weighted by atomic mass is 10.2. The van der Waals surface area contributed by atoms with Crippen LogP contribution in [0.15, 0.2) is 17.4 Å². The summed E-state index contributed by atoms with van der Waals surface area (Å²) in [7, 11) is 0. The molecule has 0 amide bonds. The lowest BCUT2D eigenvalue weighted by molar-refractivity contribution is -0.385. The Morgan fingerprint density at radius 3 is 2.75 bits per heavy atom. The molecule has 1 aromatic heterocycles. The zero-order chi connectivity index (χ0) is 9.14. The Morgan fingerprint density at radius 2 is 2.33 bits per heavy atom. The first-order chi connectivity index (χ1) is 5.65. The van der Waals surface area contributed by atoms with Crippen molar-refractivity contribution in [3.05, 3.63) is 32.8 Å². The molecule has 1 aromatic rings. The van der Waals surface area contributed by atoms with Gasteiger partial charge in [-0.05, 0) is 18.2 Å². The molecule has 0 radical (unpaired) electrons. The first-order valence-corrected chi connectivity index (χ1v) is 3.09. The molecule has 0 aliphatic rings. The number of aromatic nitrogens is 1. The number of hydrogen-bond acceptors (Lipinski definition) is 5. The average Bonchev–Trinajstić information content (AvgIpc) is 2.03. The van der Waals surface area contributed by atoms with E-state index in [0.29, 0.717) is 5.56 Å². The highest BCUT2D eigenvalue weighted by atomic mass is 16.6. The third-order valence-electron chi connectivity index (χ3n) is 1.36. The summed E-state index contributed by atoms with van der Waals surface area (Å²) in [5.41, 5.74) is 0.270. The van der Waals surface area contributed by atoms with Crippen molar-refractivity contribution in [3.8, 4) is 0 Å². The molecule has 0 aliphatic heterocycles. The zero-order valence-electron chi connectivity index (χ0n) is 6.22. The molecule has 0 atom stereocenters. The second-order valence-electron chi connectivity index (χ2n) is 2.18. The summed E-state index contributed by atoms with van der Waals surface area (Å²) in [5, 5.41) is 12.8. The lowest BCUT2D eigenvalue weighted by Crippen LogP contribution is -1.91. The van der Waals surface area contributed by atoms with Crippen LogP contribution >= 0.6 is 0 Å². The van der Waals surface area contributed by atoms with E-state index in [4.69, 9.17) is 0 Å². The van der Waals surface area contributed by atoms with Crippen molar-refractivity contribution >= 4 is 11.5 Å². The predicted molar refractivity (Wildman–Crippen MR) is 41.1 cm³/mol. The number of nitro groups is 1. The molecule has 0 saturated heterocycles. The van der Waals surface area contributed by atoms with Crippen LogP contribution in [-0.4, -0.2) is 9.91 Å². The second kappa shape index (κ2) is 3.04. The fourth-order valence-corrected chi connectivity index (χ4v) is 0.775. The number of nitroso groups, excluding NO2 is 1. The molecule has 1 rings (SSSR count). The smallest absolute Gasteiger partial charge is 0.258 e. The maximum atomic E-state index is 10.3. The van der Waals surface area contributed by atoms with Crippen LogP contribution in [0.25, 0.3) is 0 Å². The van der Waals surface area contributed by atoms with Gasteiger partial charge in [0.25, 0.3) is 5.69 Å². The minimum Gasteiger partial charge on any atom is -0.258 e. The molecule has 0 fully saturated rings. The SMILES string of the molecule is Cc1cc(N=O)ncc1[N+](=O)[O-]. The van der Waals surface area contributed by atoms with Crippen molar-refractivity contribution in [2.75, 3.05) is 0 Å². The van der Waals surface area contributed by atoms with Crippen molar-refractivity contribution in [1.82, 2.24) is 4.98 Å². The van der Waals surface area contributed by atoms with Gasteiger partial charge in [-0.1, -0.05) is 0 Å². The standard InChI is InChI=1S/C6H5N3O3/c1-4-2-6(8-10)7-3-5(4)9(11)12/h2-3H,1H3. The third-order valence-corrected chi connectivity index (χ3v) is 1.36. The summed E-state index contributed by atoms with van der Waals surface area (Å²) < 4.78 is 0. The topological polar surface area (TPSA) is 85.5 Å². The van der Waals surface area contributed by atoms with Crippen molar-refractivity contribution in [2.45, 2.75) is 6.92 Å². The monoisotopic (exact) mass is 167 g/mol. The molecule has 62 valence electrons. The van der Waals surface area contributed by atoms with E-state index in [1.54, 1.807) is 0 Å². The summed E-state index contributed by atoms with van der Waals surface area (Å²) in [5.74, 6) is -0.0434. The number of rotatable bonds is 2. The van der Waals surface area contributed by atoms with Crippen molar-refractivity contribution in [1.29, 1.82) is 0 Å². The quantitative estimate of drug-likeness (QED) is 0.381.